The normalized spacial score (nSPS) is 15.3. The van der Waals surface area contributed by atoms with Crippen LogP contribution in [0.2, 0.25) is 0 Å². The number of benzene rings is 1. The topological polar surface area (TPSA) is 57.9 Å². The summed E-state index contributed by atoms with van der Waals surface area (Å²) in [5.74, 6) is 0.115. The van der Waals surface area contributed by atoms with E-state index in [1.165, 1.54) is 11.3 Å². The predicted octanol–water partition coefficient (Wildman–Crippen LogP) is 3.27. The molecule has 2 aromatic heterocycles. The van der Waals surface area contributed by atoms with Crippen molar-refractivity contribution in [3.63, 3.8) is 0 Å². The number of fused-ring (bicyclic) bond motifs is 1. The predicted molar refractivity (Wildman–Crippen MR) is 115 cm³/mol. The Bertz CT molecular complexity index is 1020. The van der Waals surface area contributed by atoms with E-state index in [9.17, 15) is 9.59 Å². The zero-order valence-electron chi connectivity index (χ0n) is 16.7. The Hall–Kier alpha value is -2.51. The number of carbonyl (C=O) groups is 1. The summed E-state index contributed by atoms with van der Waals surface area (Å²) in [5.41, 5.74) is 1.56. The molecule has 1 fully saturated rings. The Morgan fingerprint density at radius 2 is 2.00 bits per heavy atom. The van der Waals surface area contributed by atoms with Crippen LogP contribution in [-0.4, -0.2) is 50.8 Å². The van der Waals surface area contributed by atoms with Gasteiger partial charge in [-0.15, -0.1) is 11.3 Å². The van der Waals surface area contributed by atoms with E-state index in [2.05, 4.69) is 16.8 Å². The molecule has 0 saturated carbocycles. The number of rotatable bonds is 6. The number of thiazole rings is 1. The molecule has 1 aliphatic heterocycles. The van der Waals surface area contributed by atoms with Gasteiger partial charge in [0.05, 0.1) is 5.69 Å². The van der Waals surface area contributed by atoms with Crippen molar-refractivity contribution in [2.75, 3.05) is 19.6 Å². The van der Waals surface area contributed by atoms with E-state index in [4.69, 9.17) is 0 Å². The SMILES string of the molecule is CCCN(Cc1cc(=O)n2ccsc2n1)C1CCN(C(=O)c2ccccc2)CC1. The lowest BCUT2D eigenvalue weighted by Crippen LogP contribution is -2.46. The fraction of sp³-hybridized carbons (Fsp3) is 0.409. The monoisotopic (exact) mass is 410 g/mol. The van der Waals surface area contributed by atoms with Crippen molar-refractivity contribution in [1.29, 1.82) is 0 Å². The molecule has 1 aliphatic rings. The number of aromatic nitrogens is 2. The zero-order chi connectivity index (χ0) is 20.2. The van der Waals surface area contributed by atoms with E-state index < -0.39 is 0 Å². The van der Waals surface area contributed by atoms with Crippen LogP contribution >= 0.6 is 11.3 Å². The molecule has 0 unspecified atom stereocenters. The molecule has 1 aromatic carbocycles. The molecule has 0 radical (unpaired) electrons. The van der Waals surface area contributed by atoms with Crippen LogP contribution in [0.15, 0.2) is 52.8 Å². The maximum absolute atomic E-state index is 12.7. The Morgan fingerprint density at radius 3 is 2.72 bits per heavy atom. The van der Waals surface area contributed by atoms with Gasteiger partial charge in [0, 0.05) is 48.9 Å². The number of piperidine rings is 1. The van der Waals surface area contributed by atoms with E-state index in [0.29, 0.717) is 12.6 Å². The van der Waals surface area contributed by atoms with E-state index in [-0.39, 0.29) is 11.5 Å². The quantitative estimate of drug-likeness (QED) is 0.626. The molecule has 4 rings (SSSR count). The van der Waals surface area contributed by atoms with Gasteiger partial charge in [-0.3, -0.25) is 18.9 Å². The highest BCUT2D eigenvalue weighted by Gasteiger charge is 2.27. The number of hydrogen-bond acceptors (Lipinski definition) is 5. The van der Waals surface area contributed by atoms with Crippen molar-refractivity contribution >= 4 is 22.2 Å². The summed E-state index contributed by atoms with van der Waals surface area (Å²) in [7, 11) is 0. The molecule has 1 saturated heterocycles. The molecule has 0 spiro atoms. The van der Waals surface area contributed by atoms with Gasteiger partial charge >= 0.3 is 0 Å². The average molecular weight is 411 g/mol. The van der Waals surface area contributed by atoms with E-state index in [1.807, 2.05) is 40.6 Å². The van der Waals surface area contributed by atoms with Crippen LogP contribution in [-0.2, 0) is 6.54 Å². The van der Waals surface area contributed by atoms with Gasteiger partial charge in [0.1, 0.15) is 0 Å². The number of hydrogen-bond donors (Lipinski definition) is 0. The highest BCUT2D eigenvalue weighted by atomic mass is 32.1. The van der Waals surface area contributed by atoms with Crippen LogP contribution in [0.5, 0.6) is 0 Å². The molecule has 3 heterocycles. The lowest BCUT2D eigenvalue weighted by atomic mass is 10.0. The van der Waals surface area contributed by atoms with Crippen LogP contribution in [0.1, 0.15) is 42.2 Å². The first kappa shape index (κ1) is 19.8. The molecule has 1 amide bonds. The molecule has 7 heteroatoms. The second-order valence-electron chi connectivity index (χ2n) is 7.50. The van der Waals surface area contributed by atoms with Crippen LogP contribution in [0.3, 0.4) is 0 Å². The maximum atomic E-state index is 12.7. The van der Waals surface area contributed by atoms with Crippen molar-refractivity contribution in [2.24, 2.45) is 0 Å². The van der Waals surface area contributed by atoms with Crippen molar-refractivity contribution in [1.82, 2.24) is 19.2 Å². The van der Waals surface area contributed by atoms with Crippen LogP contribution in [0, 0.1) is 0 Å². The Balaban J connectivity index is 1.43. The molecule has 3 aromatic rings. The van der Waals surface area contributed by atoms with Gasteiger partial charge in [-0.2, -0.15) is 0 Å². The third-order valence-electron chi connectivity index (χ3n) is 5.52. The number of likely N-dealkylation sites (tertiary alicyclic amines) is 1. The van der Waals surface area contributed by atoms with Crippen LogP contribution in [0.4, 0.5) is 0 Å². The summed E-state index contributed by atoms with van der Waals surface area (Å²) in [5, 5.41) is 1.89. The average Bonchev–Trinajstić information content (AvgIpc) is 3.23. The van der Waals surface area contributed by atoms with Crippen LogP contribution in [0.25, 0.3) is 4.96 Å². The van der Waals surface area contributed by atoms with Crippen molar-refractivity contribution in [3.05, 3.63) is 69.6 Å². The molecule has 0 bridgehead atoms. The number of carbonyl (C=O) groups excluding carboxylic acids is 1. The summed E-state index contributed by atoms with van der Waals surface area (Å²) in [4.78, 5) is 34.8. The van der Waals surface area contributed by atoms with Gasteiger partial charge < -0.3 is 4.90 Å². The largest absolute Gasteiger partial charge is 0.339 e. The highest BCUT2D eigenvalue weighted by molar-refractivity contribution is 7.15. The third kappa shape index (κ3) is 4.41. The van der Waals surface area contributed by atoms with Crippen molar-refractivity contribution in [3.8, 4) is 0 Å². The van der Waals surface area contributed by atoms with Gasteiger partial charge in [0.2, 0.25) is 0 Å². The molecule has 6 nitrogen and oxygen atoms in total. The standard InChI is InChI=1S/C22H26N4O2S/c1-2-10-25(16-18-15-20(27)26-13-14-29-22(26)23-18)19-8-11-24(12-9-19)21(28)17-6-4-3-5-7-17/h3-7,13-15,19H,2,8-12,16H2,1H3. The minimum atomic E-state index is -0.0222. The summed E-state index contributed by atoms with van der Waals surface area (Å²) in [6.07, 6.45) is 4.70. The van der Waals surface area contributed by atoms with E-state index in [0.717, 1.165) is 55.1 Å². The molecule has 0 N–H and O–H groups in total. The first-order valence-corrected chi connectivity index (χ1v) is 11.1. The van der Waals surface area contributed by atoms with Crippen molar-refractivity contribution in [2.45, 2.75) is 38.8 Å². The Morgan fingerprint density at radius 1 is 1.24 bits per heavy atom. The summed E-state index contributed by atoms with van der Waals surface area (Å²) >= 11 is 1.48. The Kier molecular flexibility index (Phi) is 6.06. The van der Waals surface area contributed by atoms with Crippen LogP contribution < -0.4 is 5.56 Å². The lowest BCUT2D eigenvalue weighted by Gasteiger charge is -2.38. The molecule has 152 valence electrons. The zero-order valence-corrected chi connectivity index (χ0v) is 17.5. The minimum Gasteiger partial charge on any atom is -0.339 e. The number of amides is 1. The highest BCUT2D eigenvalue weighted by Crippen LogP contribution is 2.21. The first-order valence-electron chi connectivity index (χ1n) is 10.2. The van der Waals surface area contributed by atoms with Gasteiger partial charge in [0.25, 0.3) is 11.5 Å². The summed E-state index contributed by atoms with van der Waals surface area (Å²) in [6.45, 7) is 5.33. The van der Waals surface area contributed by atoms with Crippen molar-refractivity contribution < 1.29 is 4.79 Å². The fourth-order valence-electron chi connectivity index (χ4n) is 4.05. The molecular formula is C22H26N4O2S. The van der Waals surface area contributed by atoms with E-state index >= 15 is 0 Å². The third-order valence-corrected chi connectivity index (χ3v) is 6.28. The molecular weight excluding hydrogens is 384 g/mol. The number of nitrogens with zero attached hydrogens (tertiary/aromatic N) is 4. The van der Waals surface area contributed by atoms with Gasteiger partial charge in [-0.1, -0.05) is 25.1 Å². The van der Waals surface area contributed by atoms with Gasteiger partial charge in [-0.25, -0.2) is 4.98 Å². The van der Waals surface area contributed by atoms with Gasteiger partial charge in [0.15, 0.2) is 4.96 Å². The smallest absolute Gasteiger partial charge is 0.258 e. The first-order chi connectivity index (χ1) is 14.2. The second-order valence-corrected chi connectivity index (χ2v) is 8.37. The summed E-state index contributed by atoms with van der Waals surface area (Å²) in [6, 6.07) is 11.5. The van der Waals surface area contributed by atoms with E-state index in [1.54, 1.807) is 16.7 Å². The maximum Gasteiger partial charge on any atom is 0.258 e. The molecule has 0 aliphatic carbocycles. The minimum absolute atomic E-state index is 0.0222. The fourth-order valence-corrected chi connectivity index (χ4v) is 4.79. The summed E-state index contributed by atoms with van der Waals surface area (Å²) < 4.78 is 1.59. The molecule has 0 atom stereocenters. The van der Waals surface area contributed by atoms with Gasteiger partial charge in [-0.05, 0) is 37.9 Å². The second kappa shape index (κ2) is 8.88. The lowest BCUT2D eigenvalue weighted by molar-refractivity contribution is 0.0605. The Labute approximate surface area is 174 Å². The molecule has 29 heavy (non-hydrogen) atoms.